The Kier molecular flexibility index (Phi) is 4.67. The van der Waals surface area contributed by atoms with Crippen molar-refractivity contribution in [3.8, 4) is 0 Å². The van der Waals surface area contributed by atoms with Crippen LogP contribution in [-0.2, 0) is 13.1 Å². The van der Waals surface area contributed by atoms with Crippen molar-refractivity contribution in [1.82, 2.24) is 0 Å². The zero-order chi connectivity index (χ0) is 19.5. The lowest BCUT2D eigenvalue weighted by atomic mass is 10.0. The van der Waals surface area contributed by atoms with E-state index < -0.39 is 0 Å². The highest BCUT2D eigenvalue weighted by Crippen LogP contribution is 2.20. The lowest BCUT2D eigenvalue weighted by molar-refractivity contribution is -0.674. The molecule has 0 spiro atoms. The zero-order valence-corrected chi connectivity index (χ0v) is 16.3. The summed E-state index contributed by atoms with van der Waals surface area (Å²) in [5, 5.41) is 8.83. The van der Waals surface area contributed by atoms with Crippen LogP contribution in [0.4, 0.5) is 5.82 Å². The largest absolute Gasteiger partial charge is 0.274 e. The van der Waals surface area contributed by atoms with E-state index in [0.717, 1.165) is 18.9 Å². The van der Waals surface area contributed by atoms with E-state index in [-0.39, 0.29) is 0 Å². The van der Waals surface area contributed by atoms with Crippen molar-refractivity contribution in [2.75, 3.05) is 5.32 Å². The van der Waals surface area contributed by atoms with Gasteiger partial charge in [0, 0.05) is 17.2 Å². The quantitative estimate of drug-likeness (QED) is 0.376. The first-order chi connectivity index (χ1) is 14.4. The average molecular weight is 375 g/mol. The van der Waals surface area contributed by atoms with Gasteiger partial charge in [0.05, 0.1) is 6.20 Å². The Labute approximate surface area is 171 Å². The molecule has 4 aromatic carbocycles. The molecule has 0 aliphatic heterocycles. The van der Waals surface area contributed by atoms with Gasteiger partial charge in [0.15, 0.2) is 0 Å². The van der Waals surface area contributed by atoms with Crippen molar-refractivity contribution in [3.05, 3.63) is 120 Å². The van der Waals surface area contributed by atoms with E-state index in [2.05, 4.69) is 119 Å². The Balaban J connectivity index is 1.44. The summed E-state index contributed by atoms with van der Waals surface area (Å²) >= 11 is 0. The second-order valence-electron chi connectivity index (χ2n) is 7.34. The van der Waals surface area contributed by atoms with Gasteiger partial charge in [-0.15, -0.1) is 0 Å². The normalized spacial score (nSPS) is 11.0. The summed E-state index contributed by atoms with van der Waals surface area (Å²) in [7, 11) is 0. The van der Waals surface area contributed by atoms with Gasteiger partial charge in [-0.05, 0) is 27.6 Å². The minimum atomic E-state index is 0.793. The molecule has 0 atom stereocenters. The Bertz CT molecular complexity index is 1280. The SMILES string of the molecule is c1cc[n+](Cc2cccc3ccccc23)c(NCc2cccc3ccccc23)c1. The van der Waals surface area contributed by atoms with Crippen LogP contribution in [0.2, 0.25) is 0 Å². The molecule has 0 unspecified atom stereocenters. The molecule has 1 N–H and O–H groups in total. The summed E-state index contributed by atoms with van der Waals surface area (Å²) < 4.78 is 2.28. The maximum absolute atomic E-state index is 3.65. The van der Waals surface area contributed by atoms with E-state index in [4.69, 9.17) is 0 Å². The summed E-state index contributed by atoms with van der Waals surface area (Å²) in [5.74, 6) is 1.12. The van der Waals surface area contributed by atoms with Crippen molar-refractivity contribution >= 4 is 27.4 Å². The van der Waals surface area contributed by atoms with E-state index in [1.165, 1.54) is 32.7 Å². The number of hydrogen-bond donors (Lipinski definition) is 1. The minimum Gasteiger partial charge on any atom is -0.270 e. The number of anilines is 1. The van der Waals surface area contributed by atoms with Crippen molar-refractivity contribution in [2.45, 2.75) is 13.1 Å². The molecule has 0 amide bonds. The maximum Gasteiger partial charge on any atom is 0.274 e. The second-order valence-corrected chi connectivity index (χ2v) is 7.34. The van der Waals surface area contributed by atoms with Crippen LogP contribution in [0, 0.1) is 0 Å². The molecule has 5 rings (SSSR count). The number of pyridine rings is 1. The first kappa shape index (κ1) is 17.4. The molecule has 5 aromatic rings. The number of nitrogens with zero attached hydrogens (tertiary/aromatic N) is 1. The molecule has 0 aliphatic carbocycles. The van der Waals surface area contributed by atoms with Gasteiger partial charge in [0.2, 0.25) is 0 Å². The van der Waals surface area contributed by atoms with Gasteiger partial charge in [-0.3, -0.25) is 5.32 Å². The summed E-state index contributed by atoms with van der Waals surface area (Å²) in [6, 6.07) is 36.5. The van der Waals surface area contributed by atoms with Gasteiger partial charge in [0.1, 0.15) is 13.1 Å². The molecule has 2 nitrogen and oxygen atoms in total. The Hall–Kier alpha value is -3.65. The van der Waals surface area contributed by atoms with Gasteiger partial charge in [0.25, 0.3) is 5.82 Å². The fourth-order valence-corrected chi connectivity index (χ4v) is 4.02. The summed E-state index contributed by atoms with van der Waals surface area (Å²) in [4.78, 5) is 0. The molecule has 0 aliphatic rings. The molecule has 140 valence electrons. The molecular formula is C27H23N2+. The number of aromatic nitrogens is 1. The van der Waals surface area contributed by atoms with Crippen molar-refractivity contribution in [1.29, 1.82) is 0 Å². The van der Waals surface area contributed by atoms with E-state index in [1.807, 2.05) is 0 Å². The monoisotopic (exact) mass is 375 g/mol. The third kappa shape index (κ3) is 3.57. The second kappa shape index (κ2) is 7.76. The third-order valence-electron chi connectivity index (χ3n) is 5.50. The Morgan fingerprint density at radius 1 is 0.552 bits per heavy atom. The third-order valence-corrected chi connectivity index (χ3v) is 5.50. The molecule has 0 saturated heterocycles. The highest BCUT2D eigenvalue weighted by Gasteiger charge is 2.11. The molecule has 0 radical (unpaired) electrons. The van der Waals surface area contributed by atoms with Crippen LogP contribution in [0.5, 0.6) is 0 Å². The topological polar surface area (TPSA) is 15.9 Å². The number of hydrogen-bond acceptors (Lipinski definition) is 1. The van der Waals surface area contributed by atoms with Crippen molar-refractivity contribution < 1.29 is 4.57 Å². The lowest BCUT2D eigenvalue weighted by Gasteiger charge is -2.10. The molecule has 0 fully saturated rings. The molecule has 29 heavy (non-hydrogen) atoms. The zero-order valence-electron chi connectivity index (χ0n) is 16.3. The van der Waals surface area contributed by atoms with Crippen LogP contribution in [0.25, 0.3) is 21.5 Å². The molecule has 0 saturated carbocycles. The van der Waals surface area contributed by atoms with E-state index in [9.17, 15) is 0 Å². The van der Waals surface area contributed by atoms with E-state index >= 15 is 0 Å². The molecular weight excluding hydrogens is 352 g/mol. The van der Waals surface area contributed by atoms with Crippen LogP contribution in [0.1, 0.15) is 11.1 Å². The highest BCUT2D eigenvalue weighted by molar-refractivity contribution is 5.86. The number of rotatable bonds is 5. The van der Waals surface area contributed by atoms with Crippen LogP contribution < -0.4 is 9.88 Å². The maximum atomic E-state index is 3.65. The van der Waals surface area contributed by atoms with Gasteiger partial charge in [-0.1, -0.05) is 91.0 Å². The van der Waals surface area contributed by atoms with E-state index in [0.29, 0.717) is 0 Å². The molecule has 1 heterocycles. The number of benzene rings is 4. The first-order valence-corrected chi connectivity index (χ1v) is 10.0. The summed E-state index contributed by atoms with van der Waals surface area (Å²) in [6.07, 6.45) is 2.15. The Morgan fingerprint density at radius 2 is 1.14 bits per heavy atom. The average Bonchev–Trinajstić information content (AvgIpc) is 2.79. The predicted molar refractivity (Wildman–Crippen MR) is 121 cm³/mol. The van der Waals surface area contributed by atoms with Crippen molar-refractivity contribution in [3.63, 3.8) is 0 Å². The lowest BCUT2D eigenvalue weighted by Crippen LogP contribution is -2.37. The summed E-state index contributed by atoms with van der Waals surface area (Å²) in [6.45, 7) is 1.63. The smallest absolute Gasteiger partial charge is 0.270 e. The van der Waals surface area contributed by atoms with Crippen molar-refractivity contribution in [2.24, 2.45) is 0 Å². The molecule has 1 aromatic heterocycles. The number of fused-ring (bicyclic) bond motifs is 2. The Morgan fingerprint density at radius 3 is 1.90 bits per heavy atom. The standard InChI is InChI=1S/C27H22N2/c1-3-15-25-21(9-1)11-7-13-23(25)19-28-27-17-5-6-18-29(27)20-24-14-8-12-22-10-2-4-16-26(22)24/h1-18H,19-20H2/p+1. The molecule has 2 heteroatoms. The van der Waals surface area contributed by atoms with Gasteiger partial charge >= 0.3 is 0 Å². The van der Waals surface area contributed by atoms with E-state index in [1.54, 1.807) is 0 Å². The number of nitrogens with one attached hydrogen (secondary N) is 1. The fraction of sp³-hybridized carbons (Fsp3) is 0.0741. The predicted octanol–water partition coefficient (Wildman–Crippen LogP) is 5.94. The first-order valence-electron chi connectivity index (χ1n) is 10.0. The van der Waals surface area contributed by atoms with Gasteiger partial charge in [-0.25, -0.2) is 4.57 Å². The van der Waals surface area contributed by atoms with Gasteiger partial charge in [-0.2, -0.15) is 0 Å². The minimum absolute atomic E-state index is 0.793. The van der Waals surface area contributed by atoms with Crippen LogP contribution in [0.15, 0.2) is 109 Å². The van der Waals surface area contributed by atoms with Gasteiger partial charge < -0.3 is 0 Å². The summed E-state index contributed by atoms with van der Waals surface area (Å²) in [5.41, 5.74) is 2.64. The van der Waals surface area contributed by atoms with Crippen LogP contribution in [0.3, 0.4) is 0 Å². The highest BCUT2D eigenvalue weighted by atomic mass is 15.1. The van der Waals surface area contributed by atoms with Crippen LogP contribution >= 0.6 is 0 Å². The van der Waals surface area contributed by atoms with Crippen LogP contribution in [-0.4, -0.2) is 0 Å². The fourth-order valence-electron chi connectivity index (χ4n) is 4.02. The molecule has 0 bridgehead atoms.